The third kappa shape index (κ3) is 5.68. The van der Waals surface area contributed by atoms with E-state index in [-0.39, 0.29) is 10.9 Å². The van der Waals surface area contributed by atoms with Gasteiger partial charge in [-0.1, -0.05) is 30.3 Å². The molecular weight excluding hydrogens is 468 g/mol. The molecule has 1 heterocycles. The van der Waals surface area contributed by atoms with Gasteiger partial charge in [-0.05, 0) is 55.8 Å². The van der Waals surface area contributed by atoms with E-state index in [9.17, 15) is 13.2 Å². The van der Waals surface area contributed by atoms with Crippen molar-refractivity contribution in [3.8, 4) is 17.2 Å². The second-order valence-corrected chi connectivity index (χ2v) is 9.81. The second-order valence-electron chi connectivity index (χ2n) is 7.94. The average Bonchev–Trinajstić information content (AvgIpc) is 2.88. The number of benzene rings is 3. The van der Waals surface area contributed by atoms with Crippen molar-refractivity contribution < 1.29 is 27.4 Å². The molecule has 184 valence electrons. The lowest BCUT2D eigenvalue weighted by atomic mass is 10.1. The number of amides is 1. The number of anilines is 1. The Hall–Kier alpha value is -3.72. The summed E-state index contributed by atoms with van der Waals surface area (Å²) in [5.41, 5.74) is 1.18. The first-order valence-corrected chi connectivity index (χ1v) is 12.8. The normalized spacial score (nSPS) is 13.5. The van der Waals surface area contributed by atoms with Gasteiger partial charge in [0.25, 0.3) is 10.0 Å². The highest BCUT2D eigenvalue weighted by atomic mass is 32.2. The van der Waals surface area contributed by atoms with Crippen molar-refractivity contribution in [2.45, 2.75) is 24.8 Å². The minimum atomic E-state index is -4.03. The number of fused-ring (bicyclic) bond motifs is 1. The lowest BCUT2D eigenvalue weighted by Crippen LogP contribution is -2.41. The average molecular weight is 497 g/mol. The van der Waals surface area contributed by atoms with E-state index < -0.39 is 22.5 Å². The Balaban J connectivity index is 1.58. The molecule has 3 aromatic rings. The van der Waals surface area contributed by atoms with Crippen molar-refractivity contribution in [1.29, 1.82) is 0 Å². The van der Waals surface area contributed by atoms with Crippen LogP contribution < -0.4 is 23.8 Å². The highest BCUT2D eigenvalue weighted by molar-refractivity contribution is 7.92. The summed E-state index contributed by atoms with van der Waals surface area (Å²) in [6.45, 7) is 4.70. The number of hydrogen-bond donors (Lipinski definition) is 1. The molecule has 9 heteroatoms. The van der Waals surface area contributed by atoms with E-state index >= 15 is 0 Å². The third-order valence-electron chi connectivity index (χ3n) is 5.50. The Labute approximate surface area is 205 Å². The molecule has 0 saturated carbocycles. The third-order valence-corrected chi connectivity index (χ3v) is 7.29. The minimum Gasteiger partial charge on any atom is -0.494 e. The van der Waals surface area contributed by atoms with Gasteiger partial charge in [-0.2, -0.15) is 0 Å². The molecule has 3 aromatic carbocycles. The molecule has 0 spiro atoms. The Kier molecular flexibility index (Phi) is 7.45. The van der Waals surface area contributed by atoms with Crippen LogP contribution in [0.4, 0.5) is 5.69 Å². The van der Waals surface area contributed by atoms with Crippen LogP contribution in [0.25, 0.3) is 0 Å². The Morgan fingerprint density at radius 1 is 1.00 bits per heavy atom. The molecule has 1 amide bonds. The minimum absolute atomic E-state index is 0.0854. The molecule has 1 aliphatic rings. The standard InChI is InChI=1S/C26H28N2O6S/c1-3-32-22-12-9-20(10-13-22)19(2)27-26(29)18-28(35(30,31)23-7-5-4-6-8-23)21-11-14-24-25(17-21)34-16-15-33-24/h4-14,17,19H,3,15-16,18H2,1-2H3,(H,27,29). The molecule has 0 aliphatic carbocycles. The summed E-state index contributed by atoms with van der Waals surface area (Å²) in [5.74, 6) is 1.27. The zero-order valence-electron chi connectivity index (χ0n) is 19.6. The lowest BCUT2D eigenvalue weighted by Gasteiger charge is -2.27. The van der Waals surface area contributed by atoms with Gasteiger partial charge in [0.05, 0.1) is 23.2 Å². The molecule has 1 unspecified atom stereocenters. The molecule has 4 rings (SSSR count). The molecule has 1 aliphatic heterocycles. The topological polar surface area (TPSA) is 94.2 Å². The largest absolute Gasteiger partial charge is 0.494 e. The van der Waals surface area contributed by atoms with Gasteiger partial charge < -0.3 is 19.5 Å². The zero-order valence-corrected chi connectivity index (χ0v) is 20.5. The Morgan fingerprint density at radius 3 is 2.37 bits per heavy atom. The molecule has 0 bridgehead atoms. The number of hydrogen-bond acceptors (Lipinski definition) is 6. The maximum absolute atomic E-state index is 13.6. The van der Waals surface area contributed by atoms with Crippen LogP contribution in [0.2, 0.25) is 0 Å². The van der Waals surface area contributed by atoms with Gasteiger partial charge >= 0.3 is 0 Å². The van der Waals surface area contributed by atoms with Crippen LogP contribution in [0.1, 0.15) is 25.5 Å². The summed E-state index contributed by atoms with van der Waals surface area (Å²) < 4.78 is 44.8. The molecule has 8 nitrogen and oxygen atoms in total. The lowest BCUT2D eigenvalue weighted by molar-refractivity contribution is -0.120. The van der Waals surface area contributed by atoms with Crippen molar-refractivity contribution in [3.05, 3.63) is 78.4 Å². The SMILES string of the molecule is CCOc1ccc(C(C)NC(=O)CN(c2ccc3c(c2)OCCO3)S(=O)(=O)c2ccccc2)cc1. The summed E-state index contributed by atoms with van der Waals surface area (Å²) >= 11 is 0. The van der Waals surface area contributed by atoms with Crippen LogP contribution >= 0.6 is 0 Å². The second kappa shape index (κ2) is 10.7. The van der Waals surface area contributed by atoms with Crippen molar-refractivity contribution >= 4 is 21.6 Å². The fourth-order valence-electron chi connectivity index (χ4n) is 3.74. The molecule has 0 aromatic heterocycles. The number of rotatable bonds is 9. The fraction of sp³-hybridized carbons (Fsp3) is 0.269. The molecule has 1 atom stereocenters. The van der Waals surface area contributed by atoms with E-state index in [4.69, 9.17) is 14.2 Å². The van der Waals surface area contributed by atoms with Crippen LogP contribution in [0.15, 0.2) is 77.7 Å². The first kappa shape index (κ1) is 24.4. The molecule has 0 radical (unpaired) electrons. The van der Waals surface area contributed by atoms with Crippen molar-refractivity contribution in [1.82, 2.24) is 5.32 Å². The summed E-state index contributed by atoms with van der Waals surface area (Å²) in [6.07, 6.45) is 0. The van der Waals surface area contributed by atoms with E-state index in [0.29, 0.717) is 37.0 Å². The van der Waals surface area contributed by atoms with Gasteiger partial charge in [0.2, 0.25) is 5.91 Å². The van der Waals surface area contributed by atoms with Crippen molar-refractivity contribution in [2.75, 3.05) is 30.7 Å². The van der Waals surface area contributed by atoms with Gasteiger partial charge in [0, 0.05) is 6.07 Å². The molecule has 1 N–H and O–H groups in total. The highest BCUT2D eigenvalue weighted by Crippen LogP contribution is 2.35. The number of nitrogens with zero attached hydrogens (tertiary/aromatic N) is 1. The van der Waals surface area contributed by atoms with Crippen molar-refractivity contribution in [2.24, 2.45) is 0 Å². The first-order valence-electron chi connectivity index (χ1n) is 11.4. The molecule has 0 saturated heterocycles. The Bertz CT molecular complexity index is 1260. The van der Waals surface area contributed by atoms with Gasteiger partial charge in [-0.25, -0.2) is 8.42 Å². The Morgan fingerprint density at radius 2 is 1.69 bits per heavy atom. The number of nitrogens with one attached hydrogen (secondary N) is 1. The fourth-order valence-corrected chi connectivity index (χ4v) is 5.18. The van der Waals surface area contributed by atoms with Gasteiger partial charge in [0.1, 0.15) is 25.5 Å². The van der Waals surface area contributed by atoms with Crippen LogP contribution in [0.5, 0.6) is 17.2 Å². The maximum atomic E-state index is 13.6. The number of sulfonamides is 1. The van der Waals surface area contributed by atoms with Crippen LogP contribution in [-0.2, 0) is 14.8 Å². The smallest absolute Gasteiger partial charge is 0.264 e. The van der Waals surface area contributed by atoms with E-state index in [1.165, 1.54) is 12.1 Å². The highest BCUT2D eigenvalue weighted by Gasteiger charge is 2.29. The zero-order chi connectivity index (χ0) is 24.8. The van der Waals surface area contributed by atoms with E-state index in [1.807, 2.05) is 38.1 Å². The monoisotopic (exact) mass is 496 g/mol. The van der Waals surface area contributed by atoms with Crippen LogP contribution in [0, 0.1) is 0 Å². The van der Waals surface area contributed by atoms with Crippen LogP contribution in [0.3, 0.4) is 0 Å². The van der Waals surface area contributed by atoms with Gasteiger partial charge in [-0.15, -0.1) is 0 Å². The summed E-state index contributed by atoms with van der Waals surface area (Å²) in [4.78, 5) is 13.1. The summed E-state index contributed by atoms with van der Waals surface area (Å²) in [5, 5.41) is 2.89. The molecular formula is C26H28N2O6S. The van der Waals surface area contributed by atoms with Gasteiger partial charge in [0.15, 0.2) is 11.5 Å². The summed E-state index contributed by atoms with van der Waals surface area (Å²) in [6, 6.07) is 19.9. The quantitative estimate of drug-likeness (QED) is 0.483. The van der Waals surface area contributed by atoms with E-state index in [2.05, 4.69) is 5.32 Å². The number of carbonyl (C=O) groups excluding carboxylic acids is 1. The summed E-state index contributed by atoms with van der Waals surface area (Å²) in [7, 11) is -4.03. The van der Waals surface area contributed by atoms with Crippen LogP contribution in [-0.4, -0.2) is 40.7 Å². The molecule has 35 heavy (non-hydrogen) atoms. The maximum Gasteiger partial charge on any atom is 0.264 e. The number of carbonyl (C=O) groups is 1. The predicted octanol–water partition coefficient (Wildman–Crippen LogP) is 3.93. The molecule has 0 fully saturated rings. The van der Waals surface area contributed by atoms with E-state index in [0.717, 1.165) is 15.6 Å². The predicted molar refractivity (Wildman–Crippen MR) is 133 cm³/mol. The van der Waals surface area contributed by atoms with E-state index in [1.54, 1.807) is 36.4 Å². The van der Waals surface area contributed by atoms with Crippen molar-refractivity contribution in [3.63, 3.8) is 0 Å². The number of ether oxygens (including phenoxy) is 3. The van der Waals surface area contributed by atoms with Gasteiger partial charge in [-0.3, -0.25) is 9.10 Å². The first-order chi connectivity index (χ1) is 16.9.